The monoisotopic (exact) mass is 369 g/mol. The average Bonchev–Trinajstić information content (AvgIpc) is 2.99. The summed E-state index contributed by atoms with van der Waals surface area (Å²) in [5.74, 6) is 0.521. The number of halogens is 1. The Balaban J connectivity index is 2.07. The Hall–Kier alpha value is -2.96. The second kappa shape index (κ2) is 8.16. The fourth-order valence-electron chi connectivity index (χ4n) is 3.05. The lowest BCUT2D eigenvalue weighted by molar-refractivity contribution is -0.120. The van der Waals surface area contributed by atoms with Crippen molar-refractivity contribution in [2.75, 3.05) is 19.8 Å². The van der Waals surface area contributed by atoms with Crippen LogP contribution in [0.1, 0.15) is 23.9 Å². The van der Waals surface area contributed by atoms with E-state index in [9.17, 15) is 9.18 Å². The number of alkyl halides is 1. The minimum absolute atomic E-state index is 0.0263. The normalized spacial score (nSPS) is 11.0. The molecule has 0 saturated carbocycles. The van der Waals surface area contributed by atoms with E-state index in [0.29, 0.717) is 23.6 Å². The Kier molecular flexibility index (Phi) is 5.69. The maximum absolute atomic E-state index is 12.3. The largest absolute Gasteiger partial charge is 0.491 e. The average molecular weight is 369 g/mol. The predicted molar refractivity (Wildman–Crippen MR) is 102 cm³/mol. The molecule has 0 spiro atoms. The topological polar surface area (TPSA) is 68.5 Å². The molecule has 6 nitrogen and oxygen atoms in total. The molecule has 1 aromatic carbocycles. The fourth-order valence-corrected chi connectivity index (χ4v) is 3.05. The van der Waals surface area contributed by atoms with Crippen LogP contribution in [0.2, 0.25) is 0 Å². The Morgan fingerprint density at radius 2 is 2.00 bits per heavy atom. The van der Waals surface area contributed by atoms with Gasteiger partial charge in [0, 0.05) is 29.1 Å². The number of nitrogens with one attached hydrogen (secondary N) is 1. The highest BCUT2D eigenvalue weighted by Gasteiger charge is 2.19. The van der Waals surface area contributed by atoms with Crippen molar-refractivity contribution < 1.29 is 13.9 Å². The lowest BCUT2D eigenvalue weighted by Gasteiger charge is -2.06. The van der Waals surface area contributed by atoms with Crippen LogP contribution in [0.5, 0.6) is 5.75 Å². The number of carbonyl (C=O) groups excluding carboxylic acids is 1. The number of benzene rings is 1. The molecule has 0 aliphatic heterocycles. The molecule has 0 aliphatic carbocycles. The first-order valence-electron chi connectivity index (χ1n) is 8.95. The smallest absolute Gasteiger partial charge is 0.224 e. The summed E-state index contributed by atoms with van der Waals surface area (Å²) in [5.41, 5.74) is 4.85. The maximum atomic E-state index is 12.3. The summed E-state index contributed by atoms with van der Waals surface area (Å²) < 4.78 is 19.3. The van der Waals surface area contributed by atoms with Crippen LogP contribution in [-0.2, 0) is 11.2 Å². The van der Waals surface area contributed by atoms with Gasteiger partial charge in [-0.25, -0.2) is 13.9 Å². The zero-order chi connectivity index (χ0) is 19.4. The van der Waals surface area contributed by atoms with Crippen LogP contribution in [0.3, 0.4) is 0 Å². The Morgan fingerprint density at radius 3 is 2.67 bits per heavy atom. The summed E-state index contributed by atoms with van der Waals surface area (Å²) in [6, 6.07) is 9.22. The van der Waals surface area contributed by atoms with Gasteiger partial charge in [-0.2, -0.15) is 5.10 Å². The van der Waals surface area contributed by atoms with Crippen LogP contribution < -0.4 is 10.1 Å². The van der Waals surface area contributed by atoms with Crippen molar-refractivity contribution in [3.05, 3.63) is 47.3 Å². The van der Waals surface area contributed by atoms with Gasteiger partial charge in [0.1, 0.15) is 19.0 Å². The number of carbonyl (C=O) groups is 1. The number of aryl methyl sites for hydroxylation is 2. The van der Waals surface area contributed by atoms with Crippen molar-refractivity contribution in [2.45, 2.75) is 27.2 Å². The zero-order valence-electron chi connectivity index (χ0n) is 15.8. The van der Waals surface area contributed by atoms with Crippen LogP contribution in [0.15, 0.2) is 30.3 Å². The van der Waals surface area contributed by atoms with Crippen molar-refractivity contribution >= 4 is 11.6 Å². The molecule has 0 aliphatic rings. The molecule has 1 amide bonds. The molecule has 3 aromatic rings. The standard InChI is InChI=1S/C20H23FN4O2/c1-4-22-18(26)12-17-19(15-5-7-16(8-6-15)27-10-9-21)24-25-14(3)11-13(2)23-20(17)25/h5-8,11H,4,9-10,12H2,1-3H3,(H,22,26)/i21-1. The number of likely N-dealkylation sites (N-methyl/N-ethyl adjacent to an activating group) is 1. The first-order chi connectivity index (χ1) is 13.0. The molecule has 3 rings (SSSR count). The van der Waals surface area contributed by atoms with E-state index in [0.717, 1.165) is 22.5 Å². The first kappa shape index (κ1) is 18.8. The van der Waals surface area contributed by atoms with E-state index in [1.807, 2.05) is 39.0 Å². The van der Waals surface area contributed by atoms with E-state index in [-0.39, 0.29) is 18.9 Å². The maximum Gasteiger partial charge on any atom is 0.224 e. The van der Waals surface area contributed by atoms with Crippen molar-refractivity contribution in [2.24, 2.45) is 0 Å². The van der Waals surface area contributed by atoms with Crippen LogP contribution in [0, 0.1) is 13.8 Å². The Morgan fingerprint density at radius 1 is 1.26 bits per heavy atom. The van der Waals surface area contributed by atoms with Crippen LogP contribution in [0.25, 0.3) is 16.9 Å². The molecule has 0 fully saturated rings. The number of fused-ring (bicyclic) bond motifs is 1. The van der Waals surface area contributed by atoms with Gasteiger partial charge in [-0.3, -0.25) is 4.79 Å². The van der Waals surface area contributed by atoms with Crippen LogP contribution in [0.4, 0.5) is 4.39 Å². The number of hydrogen-bond acceptors (Lipinski definition) is 4. The van der Waals surface area contributed by atoms with Gasteiger partial charge in [0.15, 0.2) is 5.65 Å². The van der Waals surface area contributed by atoms with Crippen molar-refractivity contribution in [1.82, 2.24) is 19.9 Å². The third-order valence-corrected chi connectivity index (χ3v) is 4.18. The predicted octanol–water partition coefficient (Wildman–Crippen LogP) is 3.04. The number of nitrogens with zero attached hydrogens (tertiary/aromatic N) is 3. The molecule has 27 heavy (non-hydrogen) atoms. The summed E-state index contributed by atoms with van der Waals surface area (Å²) in [5, 5.41) is 7.53. The van der Waals surface area contributed by atoms with Gasteiger partial charge in [-0.1, -0.05) is 0 Å². The molecule has 142 valence electrons. The first-order valence-corrected chi connectivity index (χ1v) is 8.95. The van der Waals surface area contributed by atoms with Gasteiger partial charge in [0.2, 0.25) is 5.91 Å². The molecule has 0 radical (unpaired) electrons. The van der Waals surface area contributed by atoms with E-state index in [4.69, 9.17) is 9.84 Å². The Bertz CT molecular complexity index is 951. The highest BCUT2D eigenvalue weighted by molar-refractivity contribution is 5.84. The third kappa shape index (κ3) is 4.07. The molecule has 1 N–H and O–H groups in total. The van der Waals surface area contributed by atoms with Crippen LogP contribution >= 0.6 is 0 Å². The Labute approximate surface area is 157 Å². The summed E-state index contributed by atoms with van der Waals surface area (Å²) in [6.07, 6.45) is 0.197. The summed E-state index contributed by atoms with van der Waals surface area (Å²) in [4.78, 5) is 16.9. The van der Waals surface area contributed by atoms with E-state index in [1.54, 1.807) is 16.6 Å². The molecule has 0 bridgehead atoms. The van der Waals surface area contributed by atoms with Gasteiger partial charge in [0.05, 0.1) is 12.1 Å². The van der Waals surface area contributed by atoms with Crippen LogP contribution in [-0.4, -0.2) is 40.3 Å². The molecule has 2 heterocycles. The SMILES string of the molecule is CCNC(=O)Cc1c(-c2ccc(OCC[18F])cc2)nn2c(C)cc(C)nc12. The highest BCUT2D eigenvalue weighted by Crippen LogP contribution is 2.28. The lowest BCUT2D eigenvalue weighted by Crippen LogP contribution is -2.24. The summed E-state index contributed by atoms with van der Waals surface area (Å²) in [7, 11) is 0. The molecule has 0 atom stereocenters. The van der Waals surface area contributed by atoms with E-state index >= 15 is 0 Å². The van der Waals surface area contributed by atoms with Gasteiger partial charge < -0.3 is 10.1 Å². The number of rotatable bonds is 7. The second-order valence-corrected chi connectivity index (χ2v) is 6.29. The van der Waals surface area contributed by atoms with E-state index in [1.165, 1.54) is 0 Å². The molecule has 2 aromatic heterocycles. The van der Waals surface area contributed by atoms with Gasteiger partial charge in [0.25, 0.3) is 0 Å². The van der Waals surface area contributed by atoms with Gasteiger partial charge >= 0.3 is 0 Å². The number of hydrogen-bond donors (Lipinski definition) is 1. The molecule has 0 unspecified atom stereocenters. The zero-order valence-corrected chi connectivity index (χ0v) is 15.8. The quantitative estimate of drug-likeness (QED) is 0.695. The fraction of sp³-hybridized carbons (Fsp3) is 0.350. The van der Waals surface area contributed by atoms with E-state index in [2.05, 4.69) is 10.3 Å². The number of ether oxygens (including phenoxy) is 1. The second-order valence-electron chi connectivity index (χ2n) is 6.29. The van der Waals surface area contributed by atoms with E-state index < -0.39 is 6.67 Å². The highest BCUT2D eigenvalue weighted by atomic mass is 18.2. The molecular weight excluding hydrogens is 346 g/mol. The summed E-state index contributed by atoms with van der Waals surface area (Å²) >= 11 is 0. The molecular formula is C20H23FN4O2. The van der Waals surface area contributed by atoms with Crippen molar-refractivity contribution in [3.8, 4) is 17.0 Å². The van der Waals surface area contributed by atoms with Gasteiger partial charge in [-0.05, 0) is 51.1 Å². The number of aromatic nitrogens is 3. The minimum Gasteiger partial charge on any atom is -0.491 e. The van der Waals surface area contributed by atoms with Crippen molar-refractivity contribution in [1.29, 1.82) is 0 Å². The molecule has 0 saturated heterocycles. The molecule has 7 heteroatoms. The minimum atomic E-state index is -0.533. The van der Waals surface area contributed by atoms with Gasteiger partial charge in [-0.15, -0.1) is 0 Å². The van der Waals surface area contributed by atoms with Crippen molar-refractivity contribution in [3.63, 3.8) is 0 Å². The lowest BCUT2D eigenvalue weighted by atomic mass is 10.0. The third-order valence-electron chi connectivity index (χ3n) is 4.18. The summed E-state index contributed by atoms with van der Waals surface area (Å²) in [6.45, 7) is 5.83. The number of amides is 1.